The Labute approximate surface area is 200 Å². The number of rotatable bonds is 4. The topological polar surface area (TPSA) is 81.0 Å². The van der Waals surface area contributed by atoms with E-state index in [0.29, 0.717) is 11.3 Å². The standard InChI is InChI=1S/C23H27N5O2.2ClH/c1-15-10-13-27(19-8-11-24-12-9-19)23(30)21(15)22(29)25-18-4-6-20(7-5-18)28-17(3)14-16(2)26-28;;/h4-7,10,13-14,19,24H,8-9,11-12H2,1-3H3,(H,25,29);2*1H. The first kappa shape index (κ1) is 25.6. The van der Waals surface area contributed by atoms with Crippen LogP contribution in [0.25, 0.3) is 5.69 Å². The quantitative estimate of drug-likeness (QED) is 0.595. The molecule has 1 aliphatic heterocycles. The van der Waals surface area contributed by atoms with E-state index >= 15 is 0 Å². The number of pyridine rings is 1. The molecule has 3 aromatic rings. The Bertz CT molecular complexity index is 1130. The molecule has 1 aromatic carbocycles. The van der Waals surface area contributed by atoms with Crippen LogP contribution >= 0.6 is 24.8 Å². The number of piperidine rings is 1. The Morgan fingerprint density at radius 3 is 2.31 bits per heavy atom. The van der Waals surface area contributed by atoms with Crippen LogP contribution in [0.1, 0.15) is 46.2 Å². The van der Waals surface area contributed by atoms with E-state index in [1.54, 1.807) is 11.5 Å². The van der Waals surface area contributed by atoms with E-state index < -0.39 is 0 Å². The zero-order valence-electron chi connectivity index (χ0n) is 18.4. The summed E-state index contributed by atoms with van der Waals surface area (Å²) in [5.74, 6) is -0.375. The molecule has 2 aromatic heterocycles. The van der Waals surface area contributed by atoms with Crippen LogP contribution in [0.15, 0.2) is 47.4 Å². The Hall–Kier alpha value is -2.61. The summed E-state index contributed by atoms with van der Waals surface area (Å²) in [6.45, 7) is 7.52. The number of anilines is 1. The highest BCUT2D eigenvalue weighted by molar-refractivity contribution is 6.05. The van der Waals surface area contributed by atoms with Crippen molar-refractivity contribution < 1.29 is 4.79 Å². The monoisotopic (exact) mass is 477 g/mol. The molecule has 32 heavy (non-hydrogen) atoms. The predicted molar refractivity (Wildman–Crippen MR) is 132 cm³/mol. The van der Waals surface area contributed by atoms with Crippen LogP contribution < -0.4 is 16.2 Å². The lowest BCUT2D eigenvalue weighted by Crippen LogP contribution is -2.37. The first-order valence-electron chi connectivity index (χ1n) is 10.3. The lowest BCUT2D eigenvalue weighted by molar-refractivity contribution is 0.102. The SMILES string of the molecule is Cc1cc(C)n(-c2ccc(NC(=O)c3c(C)ccn(C4CCNCC4)c3=O)cc2)n1.Cl.Cl. The smallest absolute Gasteiger partial charge is 0.263 e. The Balaban J connectivity index is 0.00000181. The van der Waals surface area contributed by atoms with Gasteiger partial charge in [-0.15, -0.1) is 24.8 Å². The fraction of sp³-hybridized carbons (Fsp3) is 0.348. The summed E-state index contributed by atoms with van der Waals surface area (Å²) in [6.07, 6.45) is 3.59. The molecule has 0 radical (unpaired) electrons. The van der Waals surface area contributed by atoms with Crippen molar-refractivity contribution in [3.05, 3.63) is 75.5 Å². The van der Waals surface area contributed by atoms with E-state index in [1.807, 2.05) is 61.1 Å². The maximum absolute atomic E-state index is 13.1. The van der Waals surface area contributed by atoms with Gasteiger partial charge >= 0.3 is 0 Å². The summed E-state index contributed by atoms with van der Waals surface area (Å²) >= 11 is 0. The molecule has 7 nitrogen and oxygen atoms in total. The van der Waals surface area contributed by atoms with Gasteiger partial charge in [-0.2, -0.15) is 5.10 Å². The maximum atomic E-state index is 13.1. The molecule has 0 unspecified atom stereocenters. The molecule has 0 aliphatic carbocycles. The summed E-state index contributed by atoms with van der Waals surface area (Å²) < 4.78 is 3.58. The van der Waals surface area contributed by atoms with Crippen LogP contribution in [0, 0.1) is 20.8 Å². The molecule has 0 bridgehead atoms. The van der Waals surface area contributed by atoms with Crippen LogP contribution in [0.2, 0.25) is 0 Å². The van der Waals surface area contributed by atoms with E-state index in [2.05, 4.69) is 15.7 Å². The molecule has 3 heterocycles. The van der Waals surface area contributed by atoms with Crippen LogP contribution in [0.5, 0.6) is 0 Å². The average Bonchev–Trinajstić information content (AvgIpc) is 3.07. The molecule has 2 N–H and O–H groups in total. The summed E-state index contributed by atoms with van der Waals surface area (Å²) in [5.41, 5.74) is 4.22. The van der Waals surface area contributed by atoms with Crippen molar-refractivity contribution in [2.75, 3.05) is 18.4 Å². The highest BCUT2D eigenvalue weighted by Crippen LogP contribution is 2.19. The number of halogens is 2. The van der Waals surface area contributed by atoms with Crippen LogP contribution in [-0.4, -0.2) is 33.3 Å². The van der Waals surface area contributed by atoms with E-state index in [1.165, 1.54) is 0 Å². The van der Waals surface area contributed by atoms with Gasteiger partial charge in [0.15, 0.2) is 0 Å². The molecular weight excluding hydrogens is 449 g/mol. The second-order valence-corrected chi connectivity index (χ2v) is 7.91. The summed E-state index contributed by atoms with van der Waals surface area (Å²) in [5, 5.41) is 10.7. The first-order chi connectivity index (χ1) is 14.4. The summed E-state index contributed by atoms with van der Waals surface area (Å²) in [4.78, 5) is 26.0. The number of amides is 1. The van der Waals surface area contributed by atoms with E-state index in [9.17, 15) is 9.59 Å². The number of aromatic nitrogens is 3. The number of benzene rings is 1. The zero-order chi connectivity index (χ0) is 21.3. The number of aryl methyl sites for hydroxylation is 3. The molecule has 1 aliphatic rings. The lowest BCUT2D eigenvalue weighted by atomic mass is 10.0. The van der Waals surface area contributed by atoms with Crippen molar-refractivity contribution in [1.82, 2.24) is 19.7 Å². The summed E-state index contributed by atoms with van der Waals surface area (Å²) in [7, 11) is 0. The predicted octanol–water partition coefficient (Wildman–Crippen LogP) is 3.98. The molecular formula is C23H29Cl2N5O2. The van der Waals surface area contributed by atoms with Crippen molar-refractivity contribution in [2.45, 2.75) is 39.7 Å². The third kappa shape index (κ3) is 5.23. The number of hydrogen-bond donors (Lipinski definition) is 2. The van der Waals surface area contributed by atoms with Gasteiger partial charge in [-0.25, -0.2) is 4.68 Å². The number of nitrogens with one attached hydrogen (secondary N) is 2. The van der Waals surface area contributed by atoms with E-state index in [0.717, 1.165) is 43.0 Å². The van der Waals surface area contributed by atoms with Gasteiger partial charge in [0.25, 0.3) is 11.5 Å². The highest BCUT2D eigenvalue weighted by atomic mass is 35.5. The molecule has 4 rings (SSSR count). The molecule has 0 saturated carbocycles. The molecule has 1 saturated heterocycles. The van der Waals surface area contributed by atoms with Gasteiger partial charge in [-0.3, -0.25) is 9.59 Å². The minimum Gasteiger partial charge on any atom is -0.322 e. The van der Waals surface area contributed by atoms with Crippen LogP contribution in [0.3, 0.4) is 0 Å². The number of nitrogens with zero attached hydrogens (tertiary/aromatic N) is 3. The van der Waals surface area contributed by atoms with Gasteiger partial charge in [0, 0.05) is 23.6 Å². The second kappa shape index (κ2) is 10.8. The third-order valence-corrected chi connectivity index (χ3v) is 5.64. The van der Waals surface area contributed by atoms with Crippen molar-refractivity contribution in [2.24, 2.45) is 0 Å². The largest absolute Gasteiger partial charge is 0.322 e. The van der Waals surface area contributed by atoms with Gasteiger partial charge in [0.1, 0.15) is 5.56 Å². The molecule has 0 atom stereocenters. The van der Waals surface area contributed by atoms with Gasteiger partial charge in [-0.1, -0.05) is 0 Å². The van der Waals surface area contributed by atoms with Crippen molar-refractivity contribution in [3.8, 4) is 5.69 Å². The van der Waals surface area contributed by atoms with Crippen molar-refractivity contribution >= 4 is 36.4 Å². The second-order valence-electron chi connectivity index (χ2n) is 7.91. The van der Waals surface area contributed by atoms with Gasteiger partial charge in [0.2, 0.25) is 0 Å². The van der Waals surface area contributed by atoms with E-state index in [4.69, 9.17) is 0 Å². The Morgan fingerprint density at radius 2 is 1.72 bits per heavy atom. The maximum Gasteiger partial charge on any atom is 0.263 e. The van der Waals surface area contributed by atoms with Gasteiger partial charge < -0.3 is 15.2 Å². The fourth-order valence-electron chi connectivity index (χ4n) is 4.06. The number of carbonyl (C=O) groups excluding carboxylic acids is 1. The van der Waals surface area contributed by atoms with Gasteiger partial charge in [0.05, 0.1) is 11.4 Å². The Morgan fingerprint density at radius 1 is 1.06 bits per heavy atom. The fourth-order valence-corrected chi connectivity index (χ4v) is 4.06. The van der Waals surface area contributed by atoms with Crippen molar-refractivity contribution in [3.63, 3.8) is 0 Å². The Kier molecular flexibility index (Phi) is 8.66. The third-order valence-electron chi connectivity index (χ3n) is 5.64. The number of hydrogen-bond acceptors (Lipinski definition) is 4. The highest BCUT2D eigenvalue weighted by Gasteiger charge is 2.21. The van der Waals surface area contributed by atoms with Crippen molar-refractivity contribution in [1.29, 1.82) is 0 Å². The lowest BCUT2D eigenvalue weighted by Gasteiger charge is -2.25. The minimum atomic E-state index is -0.375. The molecule has 0 spiro atoms. The minimum absolute atomic E-state index is 0. The molecule has 1 fully saturated rings. The van der Waals surface area contributed by atoms with Gasteiger partial charge in [-0.05, 0) is 88.7 Å². The van der Waals surface area contributed by atoms with Crippen LogP contribution in [-0.2, 0) is 0 Å². The zero-order valence-corrected chi connectivity index (χ0v) is 20.1. The normalized spacial score (nSPS) is 13.7. The average molecular weight is 478 g/mol. The van der Waals surface area contributed by atoms with Crippen LogP contribution in [0.4, 0.5) is 5.69 Å². The summed E-state index contributed by atoms with van der Waals surface area (Å²) in [6, 6.07) is 11.5. The molecule has 1 amide bonds. The molecule has 9 heteroatoms. The number of carbonyl (C=O) groups is 1. The van der Waals surface area contributed by atoms with E-state index in [-0.39, 0.29) is 47.9 Å². The first-order valence-corrected chi connectivity index (χ1v) is 10.3. The molecule has 172 valence electrons.